The summed E-state index contributed by atoms with van der Waals surface area (Å²) in [6.07, 6.45) is 1.25. The van der Waals surface area contributed by atoms with E-state index in [0.717, 1.165) is 4.90 Å². The van der Waals surface area contributed by atoms with Crippen molar-refractivity contribution in [3.05, 3.63) is 28.0 Å². The molecular formula is C12H11BrFNO2. The quantitative estimate of drug-likeness (QED) is 0.748. The molecule has 0 saturated carbocycles. The number of hydrogen-bond donors (Lipinski definition) is 0. The number of amides is 2. The number of benzene rings is 1. The lowest BCUT2D eigenvalue weighted by molar-refractivity contribution is -0.129. The summed E-state index contributed by atoms with van der Waals surface area (Å²) in [4.78, 5) is 24.5. The Morgan fingerprint density at radius 3 is 2.41 bits per heavy atom. The normalized spacial score (nSPS) is 16.5. The predicted molar refractivity (Wildman–Crippen MR) is 65.2 cm³/mol. The first-order chi connectivity index (χ1) is 8.00. The molecule has 1 aliphatic heterocycles. The zero-order valence-electron chi connectivity index (χ0n) is 9.30. The zero-order valence-corrected chi connectivity index (χ0v) is 10.9. The number of hydrogen-bond acceptors (Lipinski definition) is 2. The number of halogens is 2. The van der Waals surface area contributed by atoms with E-state index in [1.54, 1.807) is 13.0 Å². The van der Waals surface area contributed by atoms with Crippen molar-refractivity contribution in [2.75, 3.05) is 4.90 Å². The summed E-state index contributed by atoms with van der Waals surface area (Å²) in [5.41, 5.74) is 1.04. The Bertz CT molecular complexity index is 486. The zero-order chi connectivity index (χ0) is 12.6. The Kier molecular flexibility index (Phi) is 3.28. The van der Waals surface area contributed by atoms with E-state index in [9.17, 15) is 14.0 Å². The van der Waals surface area contributed by atoms with Gasteiger partial charge in [-0.2, -0.15) is 0 Å². The molecule has 0 unspecified atom stereocenters. The lowest BCUT2D eigenvalue weighted by Crippen LogP contribution is -2.40. The molecule has 5 heteroatoms. The third-order valence-corrected chi connectivity index (χ3v) is 3.37. The van der Waals surface area contributed by atoms with E-state index in [1.165, 1.54) is 6.07 Å². The lowest BCUT2D eigenvalue weighted by atomic mass is 10.1. The van der Waals surface area contributed by atoms with Crippen molar-refractivity contribution in [3.8, 4) is 0 Å². The summed E-state index contributed by atoms with van der Waals surface area (Å²) >= 11 is 3.07. The fourth-order valence-electron chi connectivity index (χ4n) is 1.90. The number of aryl methyl sites for hydroxylation is 1. The van der Waals surface area contributed by atoms with Gasteiger partial charge in [0, 0.05) is 12.8 Å². The SMILES string of the molecule is Cc1cc(Br)c(F)cc1N1C(=O)CCCC1=O. The number of rotatable bonds is 1. The Morgan fingerprint density at radius 2 is 1.82 bits per heavy atom. The molecule has 1 fully saturated rings. The van der Waals surface area contributed by atoms with Crippen molar-refractivity contribution >= 4 is 33.4 Å². The number of carbonyl (C=O) groups excluding carboxylic acids is 2. The fraction of sp³-hybridized carbons (Fsp3) is 0.333. The van der Waals surface area contributed by atoms with Gasteiger partial charge in [0.15, 0.2) is 0 Å². The van der Waals surface area contributed by atoms with Crippen LogP contribution in [-0.2, 0) is 9.59 Å². The summed E-state index contributed by atoms with van der Waals surface area (Å²) in [7, 11) is 0. The highest BCUT2D eigenvalue weighted by Crippen LogP contribution is 2.29. The van der Waals surface area contributed by atoms with Gasteiger partial charge in [0.25, 0.3) is 0 Å². The molecule has 0 aromatic heterocycles. The van der Waals surface area contributed by atoms with E-state index in [-0.39, 0.29) is 11.8 Å². The minimum Gasteiger partial charge on any atom is -0.274 e. The Balaban J connectivity index is 2.48. The van der Waals surface area contributed by atoms with Gasteiger partial charge < -0.3 is 0 Å². The van der Waals surface area contributed by atoms with E-state index < -0.39 is 5.82 Å². The van der Waals surface area contributed by atoms with Crippen LogP contribution in [0.4, 0.5) is 10.1 Å². The summed E-state index contributed by atoms with van der Waals surface area (Å²) in [5, 5.41) is 0. The first-order valence-corrected chi connectivity index (χ1v) is 6.11. The second-order valence-electron chi connectivity index (χ2n) is 4.03. The van der Waals surface area contributed by atoms with E-state index in [0.29, 0.717) is 35.0 Å². The first-order valence-electron chi connectivity index (χ1n) is 5.32. The number of carbonyl (C=O) groups is 2. The monoisotopic (exact) mass is 299 g/mol. The molecule has 1 aromatic rings. The van der Waals surface area contributed by atoms with Crippen molar-refractivity contribution in [3.63, 3.8) is 0 Å². The smallest absolute Gasteiger partial charge is 0.233 e. The molecule has 3 nitrogen and oxygen atoms in total. The fourth-order valence-corrected chi connectivity index (χ4v) is 2.36. The van der Waals surface area contributed by atoms with Crippen LogP contribution < -0.4 is 4.90 Å². The summed E-state index contributed by atoms with van der Waals surface area (Å²) in [5.74, 6) is -0.992. The molecule has 0 spiro atoms. The van der Waals surface area contributed by atoms with E-state index in [4.69, 9.17) is 0 Å². The lowest BCUT2D eigenvalue weighted by Gasteiger charge is -2.26. The highest BCUT2D eigenvalue weighted by Gasteiger charge is 2.28. The van der Waals surface area contributed by atoms with Crippen LogP contribution in [0.2, 0.25) is 0 Å². The van der Waals surface area contributed by atoms with Gasteiger partial charge >= 0.3 is 0 Å². The van der Waals surface area contributed by atoms with Gasteiger partial charge in [0.1, 0.15) is 5.82 Å². The molecule has 0 atom stereocenters. The molecule has 1 aromatic carbocycles. The minimum absolute atomic E-state index is 0.258. The van der Waals surface area contributed by atoms with Gasteiger partial charge in [-0.25, -0.2) is 4.39 Å². The van der Waals surface area contributed by atoms with Gasteiger partial charge in [0.2, 0.25) is 11.8 Å². The number of piperidine rings is 1. The Labute approximate surface area is 107 Å². The Morgan fingerprint density at radius 1 is 1.24 bits per heavy atom. The van der Waals surface area contributed by atoms with Crippen LogP contribution in [0, 0.1) is 12.7 Å². The highest BCUT2D eigenvalue weighted by atomic mass is 79.9. The minimum atomic E-state index is -0.475. The van der Waals surface area contributed by atoms with E-state index in [2.05, 4.69) is 15.9 Å². The van der Waals surface area contributed by atoms with Crippen LogP contribution in [-0.4, -0.2) is 11.8 Å². The summed E-state index contributed by atoms with van der Waals surface area (Å²) in [6, 6.07) is 2.79. The van der Waals surface area contributed by atoms with Gasteiger partial charge in [0.05, 0.1) is 10.2 Å². The van der Waals surface area contributed by atoms with Crippen LogP contribution in [0.1, 0.15) is 24.8 Å². The molecule has 2 rings (SSSR count). The largest absolute Gasteiger partial charge is 0.274 e. The number of imide groups is 1. The summed E-state index contributed by atoms with van der Waals surface area (Å²) in [6.45, 7) is 1.74. The third kappa shape index (κ3) is 2.24. The van der Waals surface area contributed by atoms with Crippen LogP contribution in [0.5, 0.6) is 0 Å². The van der Waals surface area contributed by atoms with Gasteiger partial charge in [-0.15, -0.1) is 0 Å². The van der Waals surface area contributed by atoms with Gasteiger partial charge in [-0.3, -0.25) is 14.5 Å². The van der Waals surface area contributed by atoms with Crippen molar-refractivity contribution in [1.82, 2.24) is 0 Å². The topological polar surface area (TPSA) is 37.4 Å². The maximum Gasteiger partial charge on any atom is 0.233 e. The third-order valence-electron chi connectivity index (χ3n) is 2.76. The van der Waals surface area contributed by atoms with Crippen LogP contribution in [0.15, 0.2) is 16.6 Å². The Hall–Kier alpha value is -1.23. The second-order valence-corrected chi connectivity index (χ2v) is 4.88. The predicted octanol–water partition coefficient (Wildman–Crippen LogP) is 2.94. The molecule has 1 saturated heterocycles. The summed E-state index contributed by atoms with van der Waals surface area (Å²) < 4.78 is 13.8. The molecule has 0 bridgehead atoms. The average molecular weight is 300 g/mol. The maximum absolute atomic E-state index is 13.5. The van der Waals surface area contributed by atoms with Crippen molar-refractivity contribution in [2.24, 2.45) is 0 Å². The molecule has 2 amide bonds. The van der Waals surface area contributed by atoms with Gasteiger partial charge in [-0.05, 0) is 47.0 Å². The standard InChI is InChI=1S/C12H11BrFNO2/c1-7-5-8(13)9(14)6-10(7)15-11(16)3-2-4-12(15)17/h5-6H,2-4H2,1H3. The number of nitrogens with zero attached hydrogens (tertiary/aromatic N) is 1. The molecule has 0 N–H and O–H groups in total. The molecule has 90 valence electrons. The van der Waals surface area contributed by atoms with E-state index >= 15 is 0 Å². The molecule has 0 radical (unpaired) electrons. The second kappa shape index (κ2) is 4.56. The van der Waals surface area contributed by atoms with Crippen LogP contribution in [0.25, 0.3) is 0 Å². The first kappa shape index (κ1) is 12.2. The number of anilines is 1. The van der Waals surface area contributed by atoms with Crippen molar-refractivity contribution < 1.29 is 14.0 Å². The van der Waals surface area contributed by atoms with Gasteiger partial charge in [-0.1, -0.05) is 0 Å². The van der Waals surface area contributed by atoms with Crippen molar-refractivity contribution in [2.45, 2.75) is 26.2 Å². The molecular weight excluding hydrogens is 289 g/mol. The van der Waals surface area contributed by atoms with Crippen molar-refractivity contribution in [1.29, 1.82) is 0 Å². The van der Waals surface area contributed by atoms with E-state index in [1.807, 2.05) is 0 Å². The average Bonchev–Trinajstić information content (AvgIpc) is 2.25. The van der Waals surface area contributed by atoms with Crippen LogP contribution >= 0.6 is 15.9 Å². The molecule has 1 aliphatic rings. The highest BCUT2D eigenvalue weighted by molar-refractivity contribution is 9.10. The molecule has 0 aliphatic carbocycles. The van der Waals surface area contributed by atoms with Crippen LogP contribution in [0.3, 0.4) is 0 Å². The maximum atomic E-state index is 13.5. The molecule has 1 heterocycles. The molecule has 17 heavy (non-hydrogen) atoms.